The Morgan fingerprint density at radius 1 is 1.11 bits per heavy atom. The fourth-order valence-electron chi connectivity index (χ4n) is 2.31. The third-order valence-corrected chi connectivity index (χ3v) is 3.28. The maximum Gasteiger partial charge on any atom is 0.173 e. The predicted octanol–water partition coefficient (Wildman–Crippen LogP) is 3.49. The minimum Gasteiger partial charge on any atom is -0.486 e. The zero-order chi connectivity index (χ0) is 13.0. The Balaban J connectivity index is 1.88. The molecule has 98 valence electrons. The highest BCUT2D eigenvalue weighted by Crippen LogP contribution is 2.24. The van der Waals surface area contributed by atoms with Gasteiger partial charge < -0.3 is 4.74 Å². The molecule has 1 fully saturated rings. The van der Waals surface area contributed by atoms with Gasteiger partial charge in [0.05, 0.1) is 0 Å². The Morgan fingerprint density at radius 3 is 2.33 bits per heavy atom. The van der Waals surface area contributed by atoms with Gasteiger partial charge in [0.2, 0.25) is 0 Å². The van der Waals surface area contributed by atoms with E-state index in [2.05, 4.69) is 0 Å². The average Bonchev–Trinajstić information content (AvgIpc) is 2.36. The maximum absolute atomic E-state index is 12.9. The first-order valence-corrected chi connectivity index (χ1v) is 6.27. The molecule has 2 rings (SSSR count). The summed E-state index contributed by atoms with van der Waals surface area (Å²) in [4.78, 5) is 11.8. The van der Waals surface area contributed by atoms with E-state index >= 15 is 0 Å². The van der Waals surface area contributed by atoms with Crippen molar-refractivity contribution in [1.82, 2.24) is 0 Å². The van der Waals surface area contributed by atoms with Crippen LogP contribution >= 0.6 is 0 Å². The molecule has 4 heteroatoms. The van der Waals surface area contributed by atoms with Gasteiger partial charge >= 0.3 is 0 Å². The highest BCUT2D eigenvalue weighted by Gasteiger charge is 2.21. The quantitative estimate of drug-likeness (QED) is 0.822. The summed E-state index contributed by atoms with van der Waals surface area (Å²) < 4.78 is 31.0. The first kappa shape index (κ1) is 13.0. The molecule has 0 heterocycles. The van der Waals surface area contributed by atoms with E-state index in [-0.39, 0.29) is 24.1 Å². The van der Waals surface area contributed by atoms with Crippen molar-refractivity contribution in [2.24, 2.45) is 5.92 Å². The first-order valence-electron chi connectivity index (χ1n) is 6.27. The van der Waals surface area contributed by atoms with Gasteiger partial charge in [0.15, 0.2) is 5.78 Å². The van der Waals surface area contributed by atoms with Crippen LogP contribution in [0.2, 0.25) is 0 Å². The van der Waals surface area contributed by atoms with E-state index in [1.807, 2.05) is 0 Å². The number of hydrogen-bond acceptors (Lipinski definition) is 2. The molecule has 0 amide bonds. The Bertz CT molecular complexity index is 406. The molecule has 0 aliphatic heterocycles. The summed E-state index contributed by atoms with van der Waals surface area (Å²) in [6, 6.07) is 2.93. The fourth-order valence-corrected chi connectivity index (χ4v) is 2.31. The van der Waals surface area contributed by atoms with Crippen molar-refractivity contribution in [3.8, 4) is 5.75 Å². The number of benzene rings is 1. The maximum atomic E-state index is 12.9. The lowest BCUT2D eigenvalue weighted by atomic mass is 9.86. The molecule has 1 saturated carbocycles. The third kappa shape index (κ3) is 3.52. The van der Waals surface area contributed by atoms with Crippen LogP contribution in [0, 0.1) is 17.6 Å². The molecule has 0 unspecified atom stereocenters. The van der Waals surface area contributed by atoms with Crippen molar-refractivity contribution in [3.05, 3.63) is 29.8 Å². The van der Waals surface area contributed by atoms with E-state index < -0.39 is 11.6 Å². The van der Waals surface area contributed by atoms with Crippen LogP contribution in [-0.2, 0) is 4.79 Å². The van der Waals surface area contributed by atoms with Crippen LogP contribution < -0.4 is 4.74 Å². The Morgan fingerprint density at radius 2 is 1.72 bits per heavy atom. The predicted molar refractivity (Wildman–Crippen MR) is 63.4 cm³/mol. The van der Waals surface area contributed by atoms with Crippen LogP contribution in [-0.4, -0.2) is 12.4 Å². The Hall–Kier alpha value is -1.45. The smallest absolute Gasteiger partial charge is 0.173 e. The first-order chi connectivity index (χ1) is 8.65. The van der Waals surface area contributed by atoms with Crippen molar-refractivity contribution in [2.75, 3.05) is 6.61 Å². The number of Topliss-reactive ketones (excluding diaryl/α,β-unsaturated/α-hetero) is 1. The van der Waals surface area contributed by atoms with Crippen LogP contribution in [0.25, 0.3) is 0 Å². The topological polar surface area (TPSA) is 26.3 Å². The molecule has 0 aromatic heterocycles. The summed E-state index contributed by atoms with van der Waals surface area (Å²) >= 11 is 0. The van der Waals surface area contributed by atoms with Crippen molar-refractivity contribution in [2.45, 2.75) is 32.1 Å². The van der Waals surface area contributed by atoms with E-state index in [0.717, 1.165) is 43.9 Å². The summed E-state index contributed by atoms with van der Waals surface area (Å²) in [6.45, 7) is -0.104. The van der Waals surface area contributed by atoms with E-state index in [1.165, 1.54) is 6.42 Å². The SMILES string of the molecule is O=C(COc1cc(F)cc(F)c1)C1CCCCC1. The van der Waals surface area contributed by atoms with Gasteiger partial charge in [-0.3, -0.25) is 4.79 Å². The number of hydrogen-bond donors (Lipinski definition) is 0. The van der Waals surface area contributed by atoms with Crippen LogP contribution in [0.3, 0.4) is 0 Å². The molecule has 0 N–H and O–H groups in total. The van der Waals surface area contributed by atoms with Gasteiger partial charge in [0, 0.05) is 24.1 Å². The van der Waals surface area contributed by atoms with Gasteiger partial charge in [-0.05, 0) is 12.8 Å². The number of halogens is 2. The standard InChI is InChI=1S/C14H16F2O2/c15-11-6-12(16)8-13(7-11)18-9-14(17)10-4-2-1-3-5-10/h6-8,10H,1-5,9H2. The number of rotatable bonds is 4. The van der Waals surface area contributed by atoms with Crippen LogP contribution in [0.15, 0.2) is 18.2 Å². The van der Waals surface area contributed by atoms with Crippen molar-refractivity contribution in [3.63, 3.8) is 0 Å². The van der Waals surface area contributed by atoms with Gasteiger partial charge in [-0.25, -0.2) is 8.78 Å². The average molecular weight is 254 g/mol. The molecule has 2 nitrogen and oxygen atoms in total. The lowest BCUT2D eigenvalue weighted by molar-refractivity contribution is -0.125. The van der Waals surface area contributed by atoms with Gasteiger partial charge in [-0.1, -0.05) is 19.3 Å². The summed E-state index contributed by atoms with van der Waals surface area (Å²) in [5, 5.41) is 0. The minimum atomic E-state index is -0.699. The zero-order valence-corrected chi connectivity index (χ0v) is 10.1. The summed E-state index contributed by atoms with van der Waals surface area (Å²) in [5.41, 5.74) is 0. The molecule has 0 spiro atoms. The van der Waals surface area contributed by atoms with Crippen LogP contribution in [0.5, 0.6) is 5.75 Å². The molecular weight excluding hydrogens is 238 g/mol. The van der Waals surface area contributed by atoms with Crippen molar-refractivity contribution < 1.29 is 18.3 Å². The van der Waals surface area contributed by atoms with Crippen molar-refractivity contribution in [1.29, 1.82) is 0 Å². The molecule has 0 saturated heterocycles. The van der Waals surface area contributed by atoms with Gasteiger partial charge in [0.25, 0.3) is 0 Å². The summed E-state index contributed by atoms with van der Waals surface area (Å²) in [6.07, 6.45) is 5.13. The molecule has 0 atom stereocenters. The Labute approximate surface area is 105 Å². The van der Waals surface area contributed by atoms with Gasteiger partial charge in [-0.15, -0.1) is 0 Å². The zero-order valence-electron chi connectivity index (χ0n) is 10.1. The largest absolute Gasteiger partial charge is 0.486 e. The number of carbonyl (C=O) groups excluding carboxylic acids is 1. The van der Waals surface area contributed by atoms with Gasteiger partial charge in [0.1, 0.15) is 24.0 Å². The normalized spacial score (nSPS) is 16.6. The molecule has 1 aromatic carbocycles. The second kappa shape index (κ2) is 5.94. The highest BCUT2D eigenvalue weighted by atomic mass is 19.1. The second-order valence-electron chi connectivity index (χ2n) is 4.70. The molecular formula is C14H16F2O2. The summed E-state index contributed by atoms with van der Waals surface area (Å²) in [5.74, 6) is -1.25. The van der Waals surface area contributed by atoms with E-state index in [1.54, 1.807) is 0 Å². The second-order valence-corrected chi connectivity index (χ2v) is 4.70. The van der Waals surface area contributed by atoms with Crippen LogP contribution in [0.1, 0.15) is 32.1 Å². The van der Waals surface area contributed by atoms with Crippen LogP contribution in [0.4, 0.5) is 8.78 Å². The monoisotopic (exact) mass is 254 g/mol. The number of ether oxygens (including phenoxy) is 1. The molecule has 0 radical (unpaired) electrons. The molecule has 0 bridgehead atoms. The molecule has 1 aliphatic rings. The Kier molecular flexibility index (Phi) is 4.28. The lowest BCUT2D eigenvalue weighted by Crippen LogP contribution is -2.23. The third-order valence-electron chi connectivity index (χ3n) is 3.28. The van der Waals surface area contributed by atoms with E-state index in [0.29, 0.717) is 0 Å². The van der Waals surface area contributed by atoms with Gasteiger partial charge in [-0.2, -0.15) is 0 Å². The minimum absolute atomic E-state index is 0.0272. The number of carbonyl (C=O) groups is 1. The van der Waals surface area contributed by atoms with E-state index in [9.17, 15) is 13.6 Å². The fraction of sp³-hybridized carbons (Fsp3) is 0.500. The molecule has 18 heavy (non-hydrogen) atoms. The van der Waals surface area contributed by atoms with Crippen molar-refractivity contribution >= 4 is 5.78 Å². The lowest BCUT2D eigenvalue weighted by Gasteiger charge is -2.20. The molecule has 1 aliphatic carbocycles. The van der Waals surface area contributed by atoms with E-state index in [4.69, 9.17) is 4.74 Å². The highest BCUT2D eigenvalue weighted by molar-refractivity contribution is 5.82. The molecule has 1 aromatic rings. The summed E-state index contributed by atoms with van der Waals surface area (Å²) in [7, 11) is 0. The number of ketones is 1.